The Morgan fingerprint density at radius 3 is 2.64 bits per heavy atom. The largest absolute Gasteiger partial charge is 0.355 e. The number of carbonyl (C=O) groups excluding carboxylic acids is 1. The van der Waals surface area contributed by atoms with Gasteiger partial charge in [0.25, 0.3) is 0 Å². The molecule has 2 rings (SSSR count). The van der Waals surface area contributed by atoms with E-state index in [1.54, 1.807) is 12.1 Å². The number of aryl methyl sites for hydroxylation is 1. The normalized spacial score (nSPS) is 10.5. The Morgan fingerprint density at radius 1 is 1.23 bits per heavy atom. The van der Waals surface area contributed by atoms with Gasteiger partial charge in [-0.25, -0.2) is 4.39 Å². The van der Waals surface area contributed by atoms with Crippen LogP contribution >= 0.6 is 27.7 Å². The zero-order valence-electron chi connectivity index (χ0n) is 12.2. The summed E-state index contributed by atoms with van der Waals surface area (Å²) in [7, 11) is 0. The molecule has 2 aromatic carbocycles. The van der Waals surface area contributed by atoms with Crippen LogP contribution < -0.4 is 5.32 Å². The summed E-state index contributed by atoms with van der Waals surface area (Å²) >= 11 is 4.95. The molecule has 5 heteroatoms. The van der Waals surface area contributed by atoms with Crippen LogP contribution in [0.1, 0.15) is 11.1 Å². The molecule has 0 saturated heterocycles. The number of carbonyl (C=O) groups is 1. The molecule has 0 aliphatic carbocycles. The maximum absolute atomic E-state index is 12.8. The van der Waals surface area contributed by atoms with Gasteiger partial charge in [-0.2, -0.15) is 0 Å². The van der Waals surface area contributed by atoms with Gasteiger partial charge in [-0.3, -0.25) is 4.79 Å². The van der Waals surface area contributed by atoms with Crippen molar-refractivity contribution in [1.29, 1.82) is 0 Å². The number of thioether (sulfide) groups is 1. The van der Waals surface area contributed by atoms with Crippen molar-refractivity contribution in [2.75, 3.05) is 12.3 Å². The molecule has 0 fully saturated rings. The molecule has 0 bridgehead atoms. The van der Waals surface area contributed by atoms with Gasteiger partial charge in [-0.15, -0.1) is 11.8 Å². The molecule has 2 nitrogen and oxygen atoms in total. The highest BCUT2D eigenvalue weighted by Crippen LogP contribution is 2.25. The van der Waals surface area contributed by atoms with Gasteiger partial charge in [-0.05, 0) is 54.8 Å². The van der Waals surface area contributed by atoms with Crippen LogP contribution in [0.2, 0.25) is 0 Å². The van der Waals surface area contributed by atoms with Crippen molar-refractivity contribution in [3.05, 3.63) is 63.9 Å². The minimum atomic E-state index is -0.242. The Kier molecular flexibility index (Phi) is 6.46. The molecule has 0 aliphatic heterocycles. The summed E-state index contributed by atoms with van der Waals surface area (Å²) in [5, 5.41) is 2.88. The summed E-state index contributed by atoms with van der Waals surface area (Å²) in [6, 6.07) is 12.4. The monoisotopic (exact) mass is 381 g/mol. The van der Waals surface area contributed by atoms with E-state index in [0.29, 0.717) is 18.7 Å². The van der Waals surface area contributed by atoms with Crippen molar-refractivity contribution in [2.24, 2.45) is 0 Å². The highest BCUT2D eigenvalue weighted by atomic mass is 79.9. The Hall–Kier alpha value is -1.33. The van der Waals surface area contributed by atoms with Crippen molar-refractivity contribution in [3.8, 4) is 0 Å². The molecule has 0 atom stereocenters. The van der Waals surface area contributed by atoms with Gasteiger partial charge in [-0.1, -0.05) is 28.1 Å². The molecular weight excluding hydrogens is 365 g/mol. The number of amides is 1. The molecule has 1 amide bonds. The van der Waals surface area contributed by atoms with Gasteiger partial charge in [0.1, 0.15) is 5.82 Å². The van der Waals surface area contributed by atoms with E-state index in [2.05, 4.69) is 21.2 Å². The van der Waals surface area contributed by atoms with E-state index >= 15 is 0 Å². The Balaban J connectivity index is 1.72. The van der Waals surface area contributed by atoms with E-state index in [1.807, 2.05) is 25.1 Å². The van der Waals surface area contributed by atoms with E-state index in [9.17, 15) is 9.18 Å². The summed E-state index contributed by atoms with van der Waals surface area (Å²) in [4.78, 5) is 12.9. The third-order valence-corrected chi connectivity index (χ3v) is 4.81. The van der Waals surface area contributed by atoms with Gasteiger partial charge < -0.3 is 5.32 Å². The molecule has 0 saturated carbocycles. The van der Waals surface area contributed by atoms with Gasteiger partial charge in [0, 0.05) is 15.9 Å². The number of halogens is 2. The van der Waals surface area contributed by atoms with Crippen LogP contribution in [-0.4, -0.2) is 18.2 Å². The van der Waals surface area contributed by atoms with E-state index in [4.69, 9.17) is 0 Å². The second kappa shape index (κ2) is 8.34. The molecule has 0 aromatic heterocycles. The molecule has 0 spiro atoms. The van der Waals surface area contributed by atoms with E-state index in [0.717, 1.165) is 20.5 Å². The van der Waals surface area contributed by atoms with Gasteiger partial charge in [0.15, 0.2) is 0 Å². The van der Waals surface area contributed by atoms with Crippen LogP contribution in [0.3, 0.4) is 0 Å². The average molecular weight is 382 g/mol. The minimum Gasteiger partial charge on any atom is -0.355 e. The van der Waals surface area contributed by atoms with Gasteiger partial charge in [0.2, 0.25) is 5.91 Å². The lowest BCUT2D eigenvalue weighted by Gasteiger charge is -2.07. The van der Waals surface area contributed by atoms with Crippen molar-refractivity contribution in [1.82, 2.24) is 5.32 Å². The first-order valence-corrected chi connectivity index (χ1v) is 8.72. The Labute approximate surface area is 142 Å². The lowest BCUT2D eigenvalue weighted by molar-refractivity contribution is -0.118. The zero-order chi connectivity index (χ0) is 15.9. The molecule has 0 radical (unpaired) electrons. The first-order chi connectivity index (χ1) is 10.5. The SMILES string of the molecule is Cc1cc(Br)ccc1SCC(=O)NCCc1ccc(F)cc1. The summed E-state index contributed by atoms with van der Waals surface area (Å²) < 4.78 is 13.8. The first kappa shape index (κ1) is 17.0. The van der Waals surface area contributed by atoms with E-state index in [-0.39, 0.29) is 11.7 Å². The predicted molar refractivity (Wildman–Crippen MR) is 92.7 cm³/mol. The van der Waals surface area contributed by atoms with E-state index < -0.39 is 0 Å². The summed E-state index contributed by atoms with van der Waals surface area (Å²) in [5.74, 6) is 0.162. The fraction of sp³-hybridized carbons (Fsp3) is 0.235. The summed E-state index contributed by atoms with van der Waals surface area (Å²) in [6.45, 7) is 2.59. The second-order valence-corrected chi connectivity index (χ2v) is 6.86. The maximum Gasteiger partial charge on any atom is 0.230 e. The molecule has 2 aromatic rings. The fourth-order valence-electron chi connectivity index (χ4n) is 1.97. The molecule has 0 aliphatic rings. The quantitative estimate of drug-likeness (QED) is 0.753. The van der Waals surface area contributed by atoms with Crippen LogP contribution in [0, 0.1) is 12.7 Å². The minimum absolute atomic E-state index is 0.00873. The third kappa shape index (κ3) is 5.46. The lowest BCUT2D eigenvalue weighted by atomic mass is 10.1. The van der Waals surface area contributed by atoms with Crippen molar-refractivity contribution in [2.45, 2.75) is 18.2 Å². The van der Waals surface area contributed by atoms with Crippen LogP contribution in [-0.2, 0) is 11.2 Å². The Bertz CT molecular complexity index is 646. The maximum atomic E-state index is 12.8. The van der Waals surface area contributed by atoms with Gasteiger partial charge >= 0.3 is 0 Å². The molecule has 0 unspecified atom stereocenters. The van der Waals surface area contributed by atoms with E-state index in [1.165, 1.54) is 23.9 Å². The molecule has 22 heavy (non-hydrogen) atoms. The molecule has 116 valence electrons. The third-order valence-electron chi connectivity index (χ3n) is 3.14. The number of benzene rings is 2. The summed E-state index contributed by atoms with van der Waals surface area (Å²) in [6.07, 6.45) is 0.702. The van der Waals surface area contributed by atoms with Crippen molar-refractivity contribution in [3.63, 3.8) is 0 Å². The molecular formula is C17H17BrFNOS. The van der Waals surface area contributed by atoms with Crippen molar-refractivity contribution >= 4 is 33.6 Å². The number of rotatable bonds is 6. The highest BCUT2D eigenvalue weighted by Gasteiger charge is 2.05. The lowest BCUT2D eigenvalue weighted by Crippen LogP contribution is -2.27. The predicted octanol–water partition coefficient (Wildman–Crippen LogP) is 4.35. The number of hydrogen-bond acceptors (Lipinski definition) is 2. The number of nitrogens with one attached hydrogen (secondary N) is 1. The highest BCUT2D eigenvalue weighted by molar-refractivity contribution is 9.10. The molecule has 1 N–H and O–H groups in total. The van der Waals surface area contributed by atoms with Crippen molar-refractivity contribution < 1.29 is 9.18 Å². The van der Waals surface area contributed by atoms with Gasteiger partial charge in [0.05, 0.1) is 5.75 Å². The average Bonchev–Trinajstić information content (AvgIpc) is 2.48. The number of hydrogen-bond donors (Lipinski definition) is 1. The molecule has 0 heterocycles. The van der Waals surface area contributed by atoms with Crippen LogP contribution in [0.5, 0.6) is 0 Å². The smallest absolute Gasteiger partial charge is 0.230 e. The van der Waals surface area contributed by atoms with Crippen LogP contribution in [0.4, 0.5) is 4.39 Å². The zero-order valence-corrected chi connectivity index (χ0v) is 14.6. The summed E-state index contributed by atoms with van der Waals surface area (Å²) in [5.41, 5.74) is 2.16. The second-order valence-electron chi connectivity index (χ2n) is 4.92. The van der Waals surface area contributed by atoms with Crippen LogP contribution in [0.15, 0.2) is 51.8 Å². The Morgan fingerprint density at radius 2 is 1.95 bits per heavy atom. The fourth-order valence-corrected chi connectivity index (χ4v) is 3.28. The standard InChI is InChI=1S/C17H17BrFNOS/c1-12-10-14(18)4-7-16(12)22-11-17(21)20-9-8-13-2-5-15(19)6-3-13/h2-7,10H,8-9,11H2,1H3,(H,20,21). The van der Waals surface area contributed by atoms with Crippen LogP contribution in [0.25, 0.3) is 0 Å². The first-order valence-electron chi connectivity index (χ1n) is 6.94. The topological polar surface area (TPSA) is 29.1 Å².